The minimum absolute atomic E-state index is 0.0799. The molecule has 0 aliphatic rings. The van der Waals surface area contributed by atoms with Crippen molar-refractivity contribution in [2.24, 2.45) is 0 Å². The summed E-state index contributed by atoms with van der Waals surface area (Å²) in [6, 6.07) is 7.68. The standard InChI is InChI=1S/C20H14Cl2N2O5/c1-28-18-5-3-11(16(25)7-12-14(21)8-23-9-15(12)22)19-13-6-10(24(26)27)2-4-17(13)29-20(18)19/h2-6,8-9,16,25H,7H2,1H3. The fourth-order valence-electron chi connectivity index (χ4n) is 3.36. The Hall–Kier alpha value is -2.87. The number of non-ortho nitro benzene ring substituents is 1. The van der Waals surface area contributed by atoms with Crippen molar-refractivity contribution in [3.05, 3.63) is 74.0 Å². The predicted octanol–water partition coefficient (Wildman–Crippen LogP) is 5.48. The van der Waals surface area contributed by atoms with Gasteiger partial charge in [0.05, 0.1) is 28.2 Å². The van der Waals surface area contributed by atoms with Crippen molar-refractivity contribution in [1.29, 1.82) is 0 Å². The van der Waals surface area contributed by atoms with Crippen LogP contribution in [0, 0.1) is 10.1 Å². The van der Waals surface area contributed by atoms with E-state index in [0.717, 1.165) is 0 Å². The third kappa shape index (κ3) is 3.37. The molecule has 1 atom stereocenters. The molecule has 0 aliphatic carbocycles. The number of furan rings is 1. The molecule has 2 heterocycles. The Balaban J connectivity index is 1.92. The number of rotatable bonds is 5. The summed E-state index contributed by atoms with van der Waals surface area (Å²) in [6.07, 6.45) is 2.04. The number of hydrogen-bond donors (Lipinski definition) is 1. The maximum Gasteiger partial charge on any atom is 0.270 e. The molecule has 9 heteroatoms. The summed E-state index contributed by atoms with van der Waals surface area (Å²) in [7, 11) is 1.50. The third-order valence-corrected chi connectivity index (χ3v) is 5.39. The van der Waals surface area contributed by atoms with E-state index in [0.29, 0.717) is 48.9 Å². The molecule has 0 aliphatic heterocycles. The lowest BCUT2D eigenvalue weighted by Gasteiger charge is -2.15. The van der Waals surface area contributed by atoms with Gasteiger partial charge in [-0.3, -0.25) is 15.1 Å². The number of benzene rings is 2. The Morgan fingerprint density at radius 3 is 2.62 bits per heavy atom. The lowest BCUT2D eigenvalue weighted by atomic mass is 9.97. The van der Waals surface area contributed by atoms with E-state index in [1.54, 1.807) is 12.1 Å². The summed E-state index contributed by atoms with van der Waals surface area (Å²) in [5.74, 6) is 0.453. The van der Waals surface area contributed by atoms with Crippen LogP contribution < -0.4 is 4.74 Å². The van der Waals surface area contributed by atoms with Gasteiger partial charge in [-0.15, -0.1) is 0 Å². The van der Waals surface area contributed by atoms with E-state index >= 15 is 0 Å². The predicted molar refractivity (Wildman–Crippen MR) is 110 cm³/mol. The Morgan fingerprint density at radius 2 is 1.97 bits per heavy atom. The molecule has 148 valence electrons. The number of pyridine rings is 1. The van der Waals surface area contributed by atoms with Gasteiger partial charge in [-0.2, -0.15) is 0 Å². The number of aliphatic hydroxyl groups is 1. The van der Waals surface area contributed by atoms with E-state index in [4.69, 9.17) is 32.4 Å². The second-order valence-electron chi connectivity index (χ2n) is 6.40. The monoisotopic (exact) mass is 432 g/mol. The zero-order chi connectivity index (χ0) is 20.7. The minimum atomic E-state index is -0.999. The van der Waals surface area contributed by atoms with Gasteiger partial charge >= 0.3 is 0 Å². The molecule has 7 nitrogen and oxygen atoms in total. The number of aliphatic hydroxyl groups excluding tert-OH is 1. The topological polar surface area (TPSA) is 98.6 Å². The second kappa shape index (κ2) is 7.51. The molecule has 0 bridgehead atoms. The van der Waals surface area contributed by atoms with Gasteiger partial charge in [0.15, 0.2) is 11.3 Å². The number of nitrogens with zero attached hydrogens (tertiary/aromatic N) is 2. The highest BCUT2D eigenvalue weighted by atomic mass is 35.5. The van der Waals surface area contributed by atoms with E-state index in [9.17, 15) is 15.2 Å². The molecule has 0 radical (unpaired) electrons. The SMILES string of the molecule is COc1ccc(C(O)Cc2c(Cl)cncc2Cl)c2c1oc1ccc([N+](=O)[O-])cc12. The van der Waals surface area contributed by atoms with Crippen LogP contribution >= 0.6 is 23.2 Å². The number of halogens is 2. The number of hydrogen-bond acceptors (Lipinski definition) is 6. The quantitative estimate of drug-likeness (QED) is 0.331. The van der Waals surface area contributed by atoms with Gasteiger partial charge in [-0.1, -0.05) is 29.3 Å². The molecular weight excluding hydrogens is 419 g/mol. The summed E-state index contributed by atoms with van der Waals surface area (Å²) >= 11 is 12.4. The average molecular weight is 433 g/mol. The van der Waals surface area contributed by atoms with E-state index in [2.05, 4.69) is 4.98 Å². The average Bonchev–Trinajstić information content (AvgIpc) is 3.08. The molecule has 0 saturated heterocycles. The Labute approximate surface area is 174 Å². The summed E-state index contributed by atoms with van der Waals surface area (Å²) in [6.45, 7) is 0. The molecule has 0 amide bonds. The van der Waals surface area contributed by atoms with Crippen LogP contribution in [-0.4, -0.2) is 22.1 Å². The van der Waals surface area contributed by atoms with Gasteiger partial charge in [0.25, 0.3) is 5.69 Å². The summed E-state index contributed by atoms with van der Waals surface area (Å²) in [4.78, 5) is 14.7. The maximum atomic E-state index is 11.2. The van der Waals surface area contributed by atoms with Crippen LogP contribution in [0.1, 0.15) is 17.2 Å². The van der Waals surface area contributed by atoms with Crippen LogP contribution in [0.15, 0.2) is 47.1 Å². The third-order valence-electron chi connectivity index (χ3n) is 4.74. The van der Waals surface area contributed by atoms with Crippen molar-refractivity contribution in [2.75, 3.05) is 7.11 Å². The van der Waals surface area contributed by atoms with Crippen LogP contribution in [0.3, 0.4) is 0 Å². The van der Waals surface area contributed by atoms with Gasteiger partial charge in [0.1, 0.15) is 5.58 Å². The smallest absolute Gasteiger partial charge is 0.270 e. The van der Waals surface area contributed by atoms with Crippen LogP contribution in [-0.2, 0) is 6.42 Å². The minimum Gasteiger partial charge on any atom is -0.493 e. The van der Waals surface area contributed by atoms with Crippen LogP contribution in [0.5, 0.6) is 5.75 Å². The molecule has 2 aromatic carbocycles. The van der Waals surface area contributed by atoms with Gasteiger partial charge < -0.3 is 14.3 Å². The number of methoxy groups -OCH3 is 1. The first-order valence-corrected chi connectivity index (χ1v) is 9.29. The van der Waals surface area contributed by atoms with Gasteiger partial charge in [-0.25, -0.2) is 0 Å². The lowest BCUT2D eigenvalue weighted by molar-refractivity contribution is -0.384. The molecule has 0 saturated carbocycles. The van der Waals surface area contributed by atoms with E-state index in [1.165, 1.54) is 37.7 Å². The Bertz CT molecular complexity index is 1230. The zero-order valence-corrected chi connectivity index (χ0v) is 16.6. The highest BCUT2D eigenvalue weighted by Crippen LogP contribution is 2.41. The number of aromatic nitrogens is 1. The Morgan fingerprint density at radius 1 is 1.24 bits per heavy atom. The number of nitro groups is 1. The van der Waals surface area contributed by atoms with Crippen molar-refractivity contribution in [2.45, 2.75) is 12.5 Å². The number of ether oxygens (including phenoxy) is 1. The Kier molecular flexibility index (Phi) is 5.04. The molecule has 4 rings (SSSR count). The van der Waals surface area contributed by atoms with Crippen LogP contribution in [0.4, 0.5) is 5.69 Å². The largest absolute Gasteiger partial charge is 0.493 e. The molecule has 29 heavy (non-hydrogen) atoms. The van der Waals surface area contributed by atoms with Crippen LogP contribution in [0.2, 0.25) is 10.0 Å². The summed E-state index contributed by atoms with van der Waals surface area (Å²) < 4.78 is 11.2. The number of nitro benzene ring substituents is 1. The molecule has 1 N–H and O–H groups in total. The lowest BCUT2D eigenvalue weighted by Crippen LogP contribution is -2.04. The fourth-order valence-corrected chi connectivity index (χ4v) is 3.88. The van der Waals surface area contributed by atoms with Gasteiger partial charge in [0, 0.05) is 41.7 Å². The highest BCUT2D eigenvalue weighted by molar-refractivity contribution is 6.35. The van der Waals surface area contributed by atoms with E-state index in [1.807, 2.05) is 0 Å². The van der Waals surface area contributed by atoms with Crippen molar-refractivity contribution in [1.82, 2.24) is 4.98 Å². The van der Waals surface area contributed by atoms with Crippen molar-refractivity contribution in [3.8, 4) is 5.75 Å². The first-order valence-electron chi connectivity index (χ1n) is 8.54. The highest BCUT2D eigenvalue weighted by Gasteiger charge is 2.23. The molecular formula is C20H14Cl2N2O5. The first kappa shape index (κ1) is 19.4. The second-order valence-corrected chi connectivity index (χ2v) is 7.22. The van der Waals surface area contributed by atoms with Crippen LogP contribution in [0.25, 0.3) is 21.9 Å². The molecule has 1 unspecified atom stereocenters. The van der Waals surface area contributed by atoms with Gasteiger partial charge in [-0.05, 0) is 23.3 Å². The summed E-state index contributed by atoms with van der Waals surface area (Å²) in [5, 5.41) is 23.9. The normalized spacial score (nSPS) is 12.4. The maximum absolute atomic E-state index is 11.2. The van der Waals surface area contributed by atoms with Gasteiger partial charge in [0.2, 0.25) is 0 Å². The van der Waals surface area contributed by atoms with Crippen molar-refractivity contribution < 1.29 is 19.2 Å². The molecule has 0 spiro atoms. The summed E-state index contributed by atoms with van der Waals surface area (Å²) in [5.41, 5.74) is 1.83. The van der Waals surface area contributed by atoms with E-state index in [-0.39, 0.29) is 12.1 Å². The fraction of sp³-hybridized carbons (Fsp3) is 0.150. The van der Waals surface area contributed by atoms with Crippen molar-refractivity contribution >= 4 is 50.8 Å². The first-order chi connectivity index (χ1) is 13.9. The zero-order valence-electron chi connectivity index (χ0n) is 15.1. The van der Waals surface area contributed by atoms with Crippen molar-refractivity contribution in [3.63, 3.8) is 0 Å². The molecule has 0 fully saturated rings. The molecule has 2 aromatic heterocycles. The molecule has 4 aromatic rings. The number of fused-ring (bicyclic) bond motifs is 3. The van der Waals surface area contributed by atoms with E-state index < -0.39 is 11.0 Å².